The molecule has 0 aliphatic heterocycles. The average molecular weight is 330 g/mol. The van der Waals surface area contributed by atoms with Gasteiger partial charge in [-0.1, -0.05) is 12.1 Å². The number of tetrazole rings is 1. The minimum absolute atomic E-state index is 0.119. The second-order valence-electron chi connectivity index (χ2n) is 4.74. The monoisotopic (exact) mass is 330 g/mol. The number of rotatable bonds is 5. The number of carbonyl (C=O) groups excluding carboxylic acids is 1. The van der Waals surface area contributed by atoms with Gasteiger partial charge in [0.25, 0.3) is 0 Å². The number of halogens is 1. The van der Waals surface area contributed by atoms with E-state index >= 15 is 0 Å². The summed E-state index contributed by atoms with van der Waals surface area (Å²) in [4.78, 5) is 12.7. The summed E-state index contributed by atoms with van der Waals surface area (Å²) in [5.41, 5.74) is 1.35. The van der Waals surface area contributed by atoms with Gasteiger partial charge in [-0.3, -0.25) is 4.79 Å². The van der Waals surface area contributed by atoms with Crippen LogP contribution in [0.25, 0.3) is 5.76 Å². The van der Waals surface area contributed by atoms with Gasteiger partial charge in [0.1, 0.15) is 11.6 Å². The van der Waals surface area contributed by atoms with Gasteiger partial charge in [0, 0.05) is 28.3 Å². The number of benzene rings is 1. The first kappa shape index (κ1) is 15.0. The Labute approximate surface area is 134 Å². The number of aliphatic hydroxyl groups excluding tert-OH is 1. The molecular weight excluding hydrogens is 319 g/mol. The SMILES string of the molecule is O=C(C=C(O)c1csc(Cc2cccc(F)c2)c1)c1nn[nH]n1. The van der Waals surface area contributed by atoms with E-state index in [-0.39, 0.29) is 17.4 Å². The molecule has 23 heavy (non-hydrogen) atoms. The van der Waals surface area contributed by atoms with Gasteiger partial charge in [0.15, 0.2) is 0 Å². The van der Waals surface area contributed by atoms with Crippen LogP contribution in [0.15, 0.2) is 41.8 Å². The molecule has 0 bridgehead atoms. The molecule has 3 aromatic rings. The van der Waals surface area contributed by atoms with Gasteiger partial charge in [0.05, 0.1) is 0 Å². The number of H-pyrrole nitrogens is 1. The molecule has 0 saturated carbocycles. The van der Waals surface area contributed by atoms with Gasteiger partial charge in [-0.15, -0.1) is 21.5 Å². The molecule has 6 nitrogen and oxygen atoms in total. The Hall–Kier alpha value is -2.87. The molecule has 2 aromatic heterocycles. The summed E-state index contributed by atoms with van der Waals surface area (Å²) in [6, 6.07) is 8.10. The van der Waals surface area contributed by atoms with Crippen molar-refractivity contribution in [3.63, 3.8) is 0 Å². The summed E-state index contributed by atoms with van der Waals surface area (Å²) >= 11 is 1.42. The van der Waals surface area contributed by atoms with Crippen molar-refractivity contribution >= 4 is 22.9 Å². The largest absolute Gasteiger partial charge is 0.507 e. The van der Waals surface area contributed by atoms with Crippen molar-refractivity contribution in [3.05, 3.63) is 69.4 Å². The van der Waals surface area contributed by atoms with Crippen LogP contribution in [0.2, 0.25) is 0 Å². The maximum Gasteiger partial charge on any atom is 0.244 e. The Bertz CT molecular complexity index is 858. The molecule has 2 N–H and O–H groups in total. The predicted molar refractivity (Wildman–Crippen MR) is 82.6 cm³/mol. The molecule has 1 aromatic carbocycles. The number of aliphatic hydroxyl groups is 1. The number of carbonyl (C=O) groups is 1. The Morgan fingerprint density at radius 1 is 1.39 bits per heavy atom. The summed E-state index contributed by atoms with van der Waals surface area (Å²) in [5.74, 6) is -1.13. The summed E-state index contributed by atoms with van der Waals surface area (Å²) in [5, 5.41) is 24.3. The molecule has 2 heterocycles. The van der Waals surface area contributed by atoms with Crippen molar-refractivity contribution in [1.29, 1.82) is 0 Å². The highest BCUT2D eigenvalue weighted by Gasteiger charge is 2.11. The lowest BCUT2D eigenvalue weighted by atomic mass is 10.1. The molecule has 0 saturated heterocycles. The van der Waals surface area contributed by atoms with Crippen LogP contribution in [-0.2, 0) is 6.42 Å². The Morgan fingerprint density at radius 3 is 3.00 bits per heavy atom. The lowest BCUT2D eigenvalue weighted by Crippen LogP contribution is -1.99. The predicted octanol–water partition coefficient (Wildman–Crippen LogP) is 2.77. The minimum atomic E-state index is -0.547. The zero-order chi connectivity index (χ0) is 16.2. The zero-order valence-electron chi connectivity index (χ0n) is 11.7. The van der Waals surface area contributed by atoms with E-state index in [9.17, 15) is 14.3 Å². The van der Waals surface area contributed by atoms with E-state index in [1.807, 2.05) is 6.07 Å². The Kier molecular flexibility index (Phi) is 4.24. The molecule has 0 fully saturated rings. The van der Waals surface area contributed by atoms with Crippen LogP contribution in [0.4, 0.5) is 4.39 Å². The number of hydrogen-bond donors (Lipinski definition) is 2. The van der Waals surface area contributed by atoms with Crippen molar-refractivity contribution in [2.24, 2.45) is 0 Å². The van der Waals surface area contributed by atoms with Crippen molar-refractivity contribution < 1.29 is 14.3 Å². The van der Waals surface area contributed by atoms with E-state index in [1.165, 1.54) is 23.5 Å². The summed E-state index contributed by atoms with van der Waals surface area (Å²) in [6.07, 6.45) is 1.59. The number of aromatic amines is 1. The first-order chi connectivity index (χ1) is 11.1. The van der Waals surface area contributed by atoms with E-state index in [2.05, 4.69) is 20.6 Å². The fraction of sp³-hybridized carbons (Fsp3) is 0.0667. The third-order valence-corrected chi connectivity index (χ3v) is 3.99. The van der Waals surface area contributed by atoms with Crippen LogP contribution in [0.1, 0.15) is 26.6 Å². The van der Waals surface area contributed by atoms with Crippen LogP contribution in [0.3, 0.4) is 0 Å². The van der Waals surface area contributed by atoms with E-state index in [0.717, 1.165) is 16.5 Å². The Balaban J connectivity index is 1.75. The molecule has 0 aliphatic rings. The number of ketones is 1. The van der Waals surface area contributed by atoms with Gasteiger partial charge in [0.2, 0.25) is 11.6 Å². The first-order valence-electron chi connectivity index (χ1n) is 6.62. The van der Waals surface area contributed by atoms with Crippen molar-refractivity contribution in [3.8, 4) is 0 Å². The maximum absolute atomic E-state index is 13.2. The maximum atomic E-state index is 13.2. The standard InChI is InChI=1S/C15H11FN4O2S/c16-11-3-1-2-9(4-11)5-12-6-10(8-23-12)13(21)7-14(22)15-17-19-20-18-15/h1-4,6-8,21H,5H2,(H,17,18,19,20). The molecule has 0 radical (unpaired) electrons. The molecule has 116 valence electrons. The normalized spacial score (nSPS) is 11.6. The second kappa shape index (κ2) is 6.49. The summed E-state index contributed by atoms with van der Waals surface area (Å²) in [6.45, 7) is 0. The molecule has 0 atom stereocenters. The average Bonchev–Trinajstić information content (AvgIpc) is 3.18. The Morgan fingerprint density at radius 2 is 2.26 bits per heavy atom. The molecule has 0 spiro atoms. The third kappa shape index (κ3) is 3.67. The quantitative estimate of drug-likeness (QED) is 0.426. The highest BCUT2D eigenvalue weighted by atomic mass is 32.1. The van der Waals surface area contributed by atoms with E-state index in [1.54, 1.807) is 17.5 Å². The van der Waals surface area contributed by atoms with Gasteiger partial charge >= 0.3 is 0 Å². The lowest BCUT2D eigenvalue weighted by molar-refractivity contribution is 0.103. The number of thiophene rings is 1. The molecule has 0 unspecified atom stereocenters. The molecule has 0 aliphatic carbocycles. The van der Waals surface area contributed by atoms with Crippen LogP contribution in [0, 0.1) is 5.82 Å². The van der Waals surface area contributed by atoms with Crippen LogP contribution >= 0.6 is 11.3 Å². The van der Waals surface area contributed by atoms with Gasteiger partial charge in [-0.2, -0.15) is 5.21 Å². The van der Waals surface area contributed by atoms with E-state index in [0.29, 0.717) is 12.0 Å². The topological polar surface area (TPSA) is 91.8 Å². The van der Waals surface area contributed by atoms with Crippen molar-refractivity contribution in [2.45, 2.75) is 6.42 Å². The number of allylic oxidation sites excluding steroid dienone is 1. The highest BCUT2D eigenvalue weighted by molar-refractivity contribution is 7.10. The van der Waals surface area contributed by atoms with Crippen molar-refractivity contribution in [2.75, 3.05) is 0 Å². The van der Waals surface area contributed by atoms with Gasteiger partial charge < -0.3 is 5.11 Å². The van der Waals surface area contributed by atoms with Gasteiger partial charge in [-0.05, 0) is 29.0 Å². The molecule has 3 rings (SSSR count). The van der Waals surface area contributed by atoms with Crippen LogP contribution in [0.5, 0.6) is 0 Å². The third-order valence-electron chi connectivity index (χ3n) is 3.05. The fourth-order valence-corrected chi connectivity index (χ4v) is 2.91. The molecular formula is C15H11FN4O2S. The minimum Gasteiger partial charge on any atom is -0.507 e. The number of aromatic nitrogens is 4. The lowest BCUT2D eigenvalue weighted by Gasteiger charge is -1.98. The zero-order valence-corrected chi connectivity index (χ0v) is 12.5. The second-order valence-corrected chi connectivity index (χ2v) is 5.73. The first-order valence-corrected chi connectivity index (χ1v) is 7.50. The molecule has 8 heteroatoms. The smallest absolute Gasteiger partial charge is 0.244 e. The van der Waals surface area contributed by atoms with Gasteiger partial charge in [-0.25, -0.2) is 4.39 Å². The van der Waals surface area contributed by atoms with Crippen LogP contribution in [-0.4, -0.2) is 31.5 Å². The summed E-state index contributed by atoms with van der Waals surface area (Å²) < 4.78 is 13.2. The summed E-state index contributed by atoms with van der Waals surface area (Å²) in [7, 11) is 0. The van der Waals surface area contributed by atoms with E-state index < -0.39 is 5.78 Å². The van der Waals surface area contributed by atoms with E-state index in [4.69, 9.17) is 0 Å². The number of nitrogens with one attached hydrogen (secondary N) is 1. The fourth-order valence-electron chi connectivity index (χ4n) is 1.99. The van der Waals surface area contributed by atoms with Crippen molar-refractivity contribution in [1.82, 2.24) is 20.6 Å². The number of nitrogens with zero attached hydrogens (tertiary/aromatic N) is 3. The van der Waals surface area contributed by atoms with Crippen LogP contribution < -0.4 is 0 Å². The molecule has 0 amide bonds. The highest BCUT2D eigenvalue weighted by Crippen LogP contribution is 2.23. The number of hydrogen-bond acceptors (Lipinski definition) is 6.